The number of hydrogen-bond donors (Lipinski definition) is 0. The number of fused-ring (bicyclic) bond motifs is 1. The topological polar surface area (TPSA) is 62.6 Å². The Morgan fingerprint density at radius 2 is 1.92 bits per heavy atom. The summed E-state index contributed by atoms with van der Waals surface area (Å²) in [5.74, 6) is 1.45. The molecule has 138 valence electrons. The van der Waals surface area contributed by atoms with Gasteiger partial charge in [0.2, 0.25) is 0 Å². The quantitative estimate of drug-likeness (QED) is 0.824. The van der Waals surface area contributed by atoms with Gasteiger partial charge in [-0.3, -0.25) is 9.36 Å². The van der Waals surface area contributed by atoms with Crippen molar-refractivity contribution in [3.63, 3.8) is 0 Å². The molecular weight excluding hydrogens is 332 g/mol. The zero-order valence-corrected chi connectivity index (χ0v) is 15.0. The average Bonchev–Trinajstić information content (AvgIpc) is 3.09. The second kappa shape index (κ2) is 7.50. The monoisotopic (exact) mass is 356 g/mol. The lowest BCUT2D eigenvalue weighted by Crippen LogP contribution is -2.23. The van der Waals surface area contributed by atoms with E-state index in [1.807, 2.05) is 16.7 Å². The third-order valence-electron chi connectivity index (χ3n) is 5.32. The maximum Gasteiger partial charge on any atom is 0.300 e. The molecule has 1 atom stereocenters. The van der Waals surface area contributed by atoms with Crippen LogP contribution in [0.1, 0.15) is 37.2 Å². The molecule has 4 rings (SSSR count). The lowest BCUT2D eigenvalue weighted by atomic mass is 9.83. The number of benzene rings is 1. The highest BCUT2D eigenvalue weighted by Gasteiger charge is 2.24. The van der Waals surface area contributed by atoms with Crippen LogP contribution in [0.2, 0.25) is 0 Å². The largest absolute Gasteiger partial charge is 0.490 e. The van der Waals surface area contributed by atoms with Crippen LogP contribution in [0.15, 0.2) is 41.3 Å². The Kier molecular flexibility index (Phi) is 4.93. The van der Waals surface area contributed by atoms with Gasteiger partial charge in [0, 0.05) is 19.4 Å². The van der Waals surface area contributed by atoms with Gasteiger partial charge in [0.05, 0.1) is 12.6 Å². The summed E-state index contributed by atoms with van der Waals surface area (Å²) in [4.78, 5) is 15.1. The number of ether oxygens (including phenoxy) is 3. The molecule has 1 saturated carbocycles. The molecule has 2 heterocycles. The minimum Gasteiger partial charge on any atom is -0.490 e. The van der Waals surface area contributed by atoms with Gasteiger partial charge in [-0.2, -0.15) is 4.98 Å². The molecule has 0 amide bonds. The molecule has 2 aliphatic rings. The van der Waals surface area contributed by atoms with E-state index in [1.165, 1.54) is 24.5 Å². The number of aromatic nitrogens is 2. The Hall–Kier alpha value is -2.34. The van der Waals surface area contributed by atoms with Crippen molar-refractivity contribution in [2.24, 2.45) is 0 Å². The minimum absolute atomic E-state index is 0.131. The zero-order chi connectivity index (χ0) is 17.9. The Bertz CT molecular complexity index is 794. The van der Waals surface area contributed by atoms with E-state index >= 15 is 0 Å². The van der Waals surface area contributed by atoms with E-state index in [4.69, 9.17) is 14.2 Å². The molecule has 1 aromatic heterocycles. The fourth-order valence-corrected chi connectivity index (χ4v) is 3.80. The Morgan fingerprint density at radius 3 is 2.65 bits per heavy atom. The van der Waals surface area contributed by atoms with Crippen LogP contribution in [0.5, 0.6) is 11.8 Å². The first-order valence-corrected chi connectivity index (χ1v) is 9.21. The summed E-state index contributed by atoms with van der Waals surface area (Å²) in [6.07, 6.45) is 6.63. The van der Waals surface area contributed by atoms with E-state index in [-0.39, 0.29) is 11.7 Å². The molecule has 1 unspecified atom stereocenters. The lowest BCUT2D eigenvalue weighted by Gasteiger charge is -2.27. The van der Waals surface area contributed by atoms with Crippen LogP contribution in [-0.4, -0.2) is 35.5 Å². The summed E-state index contributed by atoms with van der Waals surface area (Å²) in [6.45, 7) is 1.07. The summed E-state index contributed by atoms with van der Waals surface area (Å²) in [7, 11) is 1.80. The highest BCUT2D eigenvalue weighted by Crippen LogP contribution is 2.34. The first-order valence-electron chi connectivity index (χ1n) is 9.21. The van der Waals surface area contributed by atoms with E-state index in [9.17, 15) is 4.79 Å². The highest BCUT2D eigenvalue weighted by atomic mass is 16.6. The van der Waals surface area contributed by atoms with Gasteiger partial charge >= 0.3 is 0 Å². The molecule has 0 spiro atoms. The molecular formula is C20H24N2O4. The molecule has 1 aromatic carbocycles. The molecule has 1 fully saturated rings. The van der Waals surface area contributed by atoms with Gasteiger partial charge in [-0.1, -0.05) is 12.1 Å². The Labute approximate surface area is 152 Å². The van der Waals surface area contributed by atoms with Crippen LogP contribution < -0.4 is 15.0 Å². The van der Waals surface area contributed by atoms with Gasteiger partial charge in [0.15, 0.2) is 6.10 Å². The van der Waals surface area contributed by atoms with Crippen molar-refractivity contribution in [1.29, 1.82) is 0 Å². The van der Waals surface area contributed by atoms with Gasteiger partial charge < -0.3 is 14.2 Å². The Balaban J connectivity index is 1.29. The van der Waals surface area contributed by atoms with Crippen LogP contribution in [0.3, 0.4) is 0 Å². The van der Waals surface area contributed by atoms with Crippen LogP contribution in [0, 0.1) is 0 Å². The van der Waals surface area contributed by atoms with Gasteiger partial charge in [0.25, 0.3) is 11.6 Å². The van der Waals surface area contributed by atoms with Crippen molar-refractivity contribution in [3.8, 4) is 11.8 Å². The Morgan fingerprint density at radius 1 is 1.15 bits per heavy atom. The fraction of sp³-hybridized carbons (Fsp3) is 0.500. The number of nitrogens with zero attached hydrogens (tertiary/aromatic N) is 2. The molecule has 2 aromatic rings. The molecule has 0 bridgehead atoms. The van der Waals surface area contributed by atoms with Gasteiger partial charge in [-0.25, -0.2) is 0 Å². The second-order valence-electron chi connectivity index (χ2n) is 7.03. The van der Waals surface area contributed by atoms with Crippen molar-refractivity contribution in [3.05, 3.63) is 52.4 Å². The lowest BCUT2D eigenvalue weighted by molar-refractivity contribution is 0.0658. The highest BCUT2D eigenvalue weighted by molar-refractivity contribution is 5.29. The molecule has 0 radical (unpaired) electrons. The van der Waals surface area contributed by atoms with E-state index in [0.29, 0.717) is 31.2 Å². The summed E-state index contributed by atoms with van der Waals surface area (Å²) < 4.78 is 18.8. The summed E-state index contributed by atoms with van der Waals surface area (Å²) in [5, 5.41) is 0. The van der Waals surface area contributed by atoms with Gasteiger partial charge in [-0.15, -0.1) is 0 Å². The summed E-state index contributed by atoms with van der Waals surface area (Å²) in [5.41, 5.74) is 1.09. The number of rotatable bonds is 5. The summed E-state index contributed by atoms with van der Waals surface area (Å²) >= 11 is 0. The third kappa shape index (κ3) is 3.75. The standard InChI is InChI=1S/C20H24N2O4/c1-24-16-6-2-14(3-7-16)15-4-8-17(9-5-15)25-13-18-12-22-11-10-19(23)21-20(22)26-18/h4-5,8-11,14,16,18H,2-3,6-7,12-13H2,1H3. The van der Waals surface area contributed by atoms with E-state index < -0.39 is 0 Å². The van der Waals surface area contributed by atoms with Crippen molar-refractivity contribution in [2.45, 2.75) is 50.4 Å². The van der Waals surface area contributed by atoms with Crippen molar-refractivity contribution >= 4 is 0 Å². The first-order chi connectivity index (χ1) is 12.7. The second-order valence-corrected chi connectivity index (χ2v) is 7.03. The maximum atomic E-state index is 11.3. The van der Waals surface area contributed by atoms with Gasteiger partial charge in [0.1, 0.15) is 12.4 Å². The molecule has 0 N–H and O–H groups in total. The predicted octanol–water partition coefficient (Wildman–Crippen LogP) is 2.76. The SMILES string of the molecule is COC1CCC(c2ccc(OCC3Cn4ccc(=O)nc4O3)cc2)CC1. The van der Waals surface area contributed by atoms with E-state index in [2.05, 4.69) is 17.1 Å². The molecule has 26 heavy (non-hydrogen) atoms. The van der Waals surface area contributed by atoms with E-state index in [0.717, 1.165) is 18.6 Å². The van der Waals surface area contributed by atoms with E-state index in [1.54, 1.807) is 13.3 Å². The molecule has 6 heteroatoms. The predicted molar refractivity (Wildman–Crippen MR) is 96.9 cm³/mol. The van der Waals surface area contributed by atoms with Crippen molar-refractivity contribution < 1.29 is 14.2 Å². The normalized spacial score (nSPS) is 24.7. The fourth-order valence-electron chi connectivity index (χ4n) is 3.80. The van der Waals surface area contributed by atoms with Crippen LogP contribution >= 0.6 is 0 Å². The number of methoxy groups -OCH3 is 1. The maximum absolute atomic E-state index is 11.3. The third-order valence-corrected chi connectivity index (χ3v) is 5.32. The summed E-state index contributed by atoms with van der Waals surface area (Å²) in [6, 6.07) is 10.2. The van der Waals surface area contributed by atoms with Crippen molar-refractivity contribution in [1.82, 2.24) is 9.55 Å². The number of hydrogen-bond acceptors (Lipinski definition) is 5. The molecule has 1 aliphatic heterocycles. The van der Waals surface area contributed by atoms with Crippen LogP contribution in [-0.2, 0) is 11.3 Å². The average molecular weight is 356 g/mol. The molecule has 0 saturated heterocycles. The molecule has 1 aliphatic carbocycles. The zero-order valence-electron chi connectivity index (χ0n) is 15.0. The van der Waals surface area contributed by atoms with Crippen LogP contribution in [0.4, 0.5) is 0 Å². The van der Waals surface area contributed by atoms with Gasteiger partial charge in [-0.05, 0) is 49.3 Å². The smallest absolute Gasteiger partial charge is 0.300 e. The minimum atomic E-state index is -0.284. The molecule has 6 nitrogen and oxygen atoms in total. The van der Waals surface area contributed by atoms with Crippen molar-refractivity contribution in [2.75, 3.05) is 13.7 Å². The van der Waals surface area contributed by atoms with Crippen LogP contribution in [0.25, 0.3) is 0 Å². The first kappa shape index (κ1) is 17.1.